The second-order valence-corrected chi connectivity index (χ2v) is 8.62. The van der Waals surface area contributed by atoms with Gasteiger partial charge in [0, 0.05) is 39.8 Å². The number of likely N-dealkylation sites (N-methyl/N-ethyl adjacent to an activating group) is 1. The Balaban J connectivity index is 0.00000289. The van der Waals surface area contributed by atoms with Crippen LogP contribution in [0.1, 0.15) is 12.0 Å². The van der Waals surface area contributed by atoms with Crippen LogP contribution in [-0.4, -0.2) is 67.8 Å². The van der Waals surface area contributed by atoms with E-state index >= 15 is 0 Å². The molecule has 1 aromatic carbocycles. The number of imide groups is 1. The van der Waals surface area contributed by atoms with Crippen LogP contribution in [0.4, 0.5) is 4.39 Å². The fraction of sp³-hybridized carbons (Fsp3) is 0.522. The summed E-state index contributed by atoms with van der Waals surface area (Å²) in [7, 11) is 3.70. The number of hydrogen-bond donors (Lipinski definition) is 2. The number of likely N-dealkylation sites (tertiary alicyclic amines) is 1. The molecule has 4 atom stereocenters. The van der Waals surface area contributed by atoms with E-state index in [0.717, 1.165) is 25.1 Å². The number of rotatable bonds is 8. The molecule has 2 aliphatic carbocycles. The van der Waals surface area contributed by atoms with Crippen LogP contribution in [0.15, 0.2) is 41.4 Å². The van der Waals surface area contributed by atoms with Gasteiger partial charge in [0.25, 0.3) is 0 Å². The summed E-state index contributed by atoms with van der Waals surface area (Å²) in [6.45, 7) is 3.00. The molecule has 2 bridgehead atoms. The highest BCUT2D eigenvalue weighted by Gasteiger charge is 2.58. The number of allylic oxidation sites excluding steroid dienone is 2. The Bertz CT molecular complexity index is 861. The Hall–Kier alpha value is -2.01. The number of amides is 2. The minimum atomic E-state index is -0.229. The Morgan fingerprint density at radius 3 is 2.28 bits per heavy atom. The average molecular weight is 555 g/mol. The number of carbonyl (C=O) groups excluding carboxylic acids is 2. The van der Waals surface area contributed by atoms with Crippen LogP contribution in [-0.2, 0) is 16.1 Å². The van der Waals surface area contributed by atoms with Crippen molar-refractivity contribution in [2.45, 2.75) is 13.0 Å². The van der Waals surface area contributed by atoms with E-state index in [9.17, 15) is 14.0 Å². The lowest BCUT2D eigenvalue weighted by molar-refractivity contribution is -0.140. The molecule has 1 aromatic rings. The third kappa shape index (κ3) is 5.14. The van der Waals surface area contributed by atoms with Crippen LogP contribution in [0.25, 0.3) is 0 Å². The molecule has 1 saturated heterocycles. The monoisotopic (exact) mass is 555 g/mol. The molecule has 0 spiro atoms. The quantitative estimate of drug-likeness (QED) is 0.169. The smallest absolute Gasteiger partial charge is 0.233 e. The van der Waals surface area contributed by atoms with E-state index < -0.39 is 0 Å². The minimum absolute atomic E-state index is 0. The summed E-state index contributed by atoms with van der Waals surface area (Å²) in [6, 6.07) is 6.52. The number of benzene rings is 1. The average Bonchev–Trinajstić information content (AvgIpc) is 3.44. The van der Waals surface area contributed by atoms with Crippen LogP contribution in [0.2, 0.25) is 0 Å². The maximum Gasteiger partial charge on any atom is 0.233 e. The fourth-order valence-corrected chi connectivity index (χ4v) is 5.04. The van der Waals surface area contributed by atoms with E-state index in [1.54, 1.807) is 19.2 Å². The van der Waals surface area contributed by atoms with Crippen LogP contribution in [0, 0.1) is 29.5 Å². The zero-order valence-corrected chi connectivity index (χ0v) is 20.8. The molecule has 1 heterocycles. The molecule has 174 valence electrons. The van der Waals surface area contributed by atoms with Crippen molar-refractivity contribution >= 4 is 41.8 Å². The van der Waals surface area contributed by atoms with Crippen molar-refractivity contribution in [1.82, 2.24) is 20.4 Å². The number of guanidine groups is 1. The van der Waals surface area contributed by atoms with E-state index in [1.807, 2.05) is 7.05 Å². The summed E-state index contributed by atoms with van der Waals surface area (Å²) >= 11 is 0. The van der Waals surface area contributed by atoms with Crippen molar-refractivity contribution in [2.24, 2.45) is 28.7 Å². The van der Waals surface area contributed by atoms with Gasteiger partial charge in [0.1, 0.15) is 5.82 Å². The highest BCUT2D eigenvalue weighted by molar-refractivity contribution is 14.0. The molecule has 32 heavy (non-hydrogen) atoms. The molecular weight excluding hydrogens is 524 g/mol. The Kier molecular flexibility index (Phi) is 8.26. The van der Waals surface area contributed by atoms with E-state index in [4.69, 9.17) is 0 Å². The summed E-state index contributed by atoms with van der Waals surface area (Å²) in [6.07, 6.45) is 5.17. The molecule has 2 fully saturated rings. The van der Waals surface area contributed by atoms with Gasteiger partial charge < -0.3 is 15.5 Å². The predicted molar refractivity (Wildman–Crippen MR) is 132 cm³/mol. The molecule has 4 rings (SSSR count). The summed E-state index contributed by atoms with van der Waals surface area (Å²) < 4.78 is 13.0. The molecule has 4 unspecified atom stereocenters. The summed E-state index contributed by atoms with van der Waals surface area (Å²) in [5, 5.41) is 6.43. The molecule has 0 aromatic heterocycles. The molecule has 3 aliphatic rings. The zero-order chi connectivity index (χ0) is 22.0. The third-order valence-corrected chi connectivity index (χ3v) is 6.56. The topological polar surface area (TPSA) is 77.0 Å². The lowest BCUT2D eigenvalue weighted by atomic mass is 9.85. The van der Waals surface area contributed by atoms with Gasteiger partial charge in [0.15, 0.2) is 5.96 Å². The molecule has 1 aliphatic heterocycles. The van der Waals surface area contributed by atoms with Crippen molar-refractivity contribution in [3.63, 3.8) is 0 Å². The van der Waals surface area contributed by atoms with Gasteiger partial charge in [-0.15, -0.1) is 24.0 Å². The third-order valence-electron chi connectivity index (χ3n) is 6.56. The first-order chi connectivity index (χ1) is 15.0. The molecule has 0 radical (unpaired) electrons. The van der Waals surface area contributed by atoms with E-state index in [-0.39, 0.29) is 65.3 Å². The second kappa shape index (κ2) is 10.7. The highest BCUT2D eigenvalue weighted by Crippen LogP contribution is 2.52. The van der Waals surface area contributed by atoms with Gasteiger partial charge in [-0.1, -0.05) is 24.3 Å². The lowest BCUT2D eigenvalue weighted by Crippen LogP contribution is -2.45. The Labute approximate surface area is 205 Å². The molecule has 1 saturated carbocycles. The Morgan fingerprint density at radius 2 is 1.69 bits per heavy atom. The van der Waals surface area contributed by atoms with Crippen molar-refractivity contribution < 1.29 is 14.0 Å². The number of fused-ring (bicyclic) bond motifs is 5. The standard InChI is InChI=1S/C23H30FN5O2.HI/c1-25-23(26-9-11-28(2)14-15-3-7-18(24)8-4-15)27-10-12-29-21(30)19-16-5-6-17(13-16)20(19)22(29)31;/h3-8,16-17,19-20H,9-14H2,1-2H3,(H2,25,26,27);1H. The number of nitrogens with zero attached hydrogens (tertiary/aromatic N) is 3. The summed E-state index contributed by atoms with van der Waals surface area (Å²) in [5.41, 5.74) is 1.06. The SMILES string of the molecule is CN=C(NCCN(C)Cc1ccc(F)cc1)NCCN1C(=O)C2C3C=CC(C3)C2C1=O.I. The lowest BCUT2D eigenvalue weighted by Gasteiger charge is -2.20. The van der Waals surface area contributed by atoms with Gasteiger partial charge >= 0.3 is 0 Å². The minimum Gasteiger partial charge on any atom is -0.355 e. The zero-order valence-electron chi connectivity index (χ0n) is 18.5. The number of hydrogen-bond acceptors (Lipinski definition) is 4. The molecule has 2 amide bonds. The highest BCUT2D eigenvalue weighted by atomic mass is 127. The first kappa shape index (κ1) is 24.6. The van der Waals surface area contributed by atoms with Gasteiger partial charge in [0.2, 0.25) is 11.8 Å². The Morgan fingerprint density at radius 1 is 1.09 bits per heavy atom. The molecule has 9 heteroatoms. The van der Waals surface area contributed by atoms with Crippen LogP contribution in [0.5, 0.6) is 0 Å². The number of nitrogens with one attached hydrogen (secondary N) is 2. The summed E-state index contributed by atoms with van der Waals surface area (Å²) in [4.78, 5) is 33.2. The van der Waals surface area contributed by atoms with Gasteiger partial charge in [0.05, 0.1) is 11.8 Å². The normalized spacial score (nSPS) is 26.0. The molecule has 2 N–H and O–H groups in total. The molecular formula is C23H31FIN5O2. The van der Waals surface area contributed by atoms with Gasteiger partial charge in [-0.05, 0) is 43.0 Å². The van der Waals surface area contributed by atoms with E-state index in [0.29, 0.717) is 25.6 Å². The second-order valence-electron chi connectivity index (χ2n) is 8.62. The van der Waals surface area contributed by atoms with E-state index in [1.165, 1.54) is 17.0 Å². The van der Waals surface area contributed by atoms with Crippen LogP contribution < -0.4 is 10.6 Å². The maximum absolute atomic E-state index is 13.0. The van der Waals surface area contributed by atoms with Crippen molar-refractivity contribution in [1.29, 1.82) is 0 Å². The fourth-order valence-electron chi connectivity index (χ4n) is 5.04. The van der Waals surface area contributed by atoms with Crippen LogP contribution in [0.3, 0.4) is 0 Å². The first-order valence-corrected chi connectivity index (χ1v) is 10.9. The number of aliphatic imine (C=N–C) groups is 1. The summed E-state index contributed by atoms with van der Waals surface area (Å²) in [5.74, 6) is 0.575. The van der Waals surface area contributed by atoms with E-state index in [2.05, 4.69) is 32.7 Å². The maximum atomic E-state index is 13.0. The number of halogens is 2. The molecule has 7 nitrogen and oxygen atoms in total. The van der Waals surface area contributed by atoms with Gasteiger partial charge in [-0.3, -0.25) is 19.5 Å². The predicted octanol–water partition coefficient (Wildman–Crippen LogP) is 1.85. The van der Waals surface area contributed by atoms with Gasteiger partial charge in [-0.2, -0.15) is 0 Å². The van der Waals surface area contributed by atoms with Crippen molar-refractivity contribution in [3.8, 4) is 0 Å². The first-order valence-electron chi connectivity index (χ1n) is 10.9. The van der Waals surface area contributed by atoms with Gasteiger partial charge in [-0.25, -0.2) is 4.39 Å². The van der Waals surface area contributed by atoms with Crippen molar-refractivity contribution in [3.05, 3.63) is 47.8 Å². The van der Waals surface area contributed by atoms with Crippen LogP contribution >= 0.6 is 24.0 Å². The number of carbonyl (C=O) groups is 2. The van der Waals surface area contributed by atoms with Crippen molar-refractivity contribution in [2.75, 3.05) is 40.3 Å². The largest absolute Gasteiger partial charge is 0.355 e.